The molecule has 0 fully saturated rings. The van der Waals surface area contributed by atoms with Gasteiger partial charge in [-0.1, -0.05) is 17.7 Å². The van der Waals surface area contributed by atoms with E-state index in [2.05, 4.69) is 10.3 Å². The summed E-state index contributed by atoms with van der Waals surface area (Å²) in [6.07, 6.45) is 2.13. The highest BCUT2D eigenvalue weighted by Crippen LogP contribution is 2.31. The Morgan fingerprint density at radius 2 is 2.23 bits per heavy atom. The van der Waals surface area contributed by atoms with Crippen LogP contribution in [-0.4, -0.2) is 23.8 Å². The van der Waals surface area contributed by atoms with Crippen LogP contribution in [0, 0.1) is 6.92 Å². The van der Waals surface area contributed by atoms with Crippen molar-refractivity contribution < 1.29 is 9.53 Å². The molecule has 0 spiro atoms. The van der Waals surface area contributed by atoms with E-state index in [0.29, 0.717) is 28.6 Å². The Bertz CT molecular complexity index is 650. The molecule has 4 nitrogen and oxygen atoms in total. The molecule has 116 valence electrons. The van der Waals surface area contributed by atoms with Gasteiger partial charge in [0.25, 0.3) is 0 Å². The summed E-state index contributed by atoms with van der Waals surface area (Å²) >= 11 is 7.60. The SMILES string of the molecule is COc1cc(Cl)c(C)cc1NC(=O)CCSc1ccccn1. The van der Waals surface area contributed by atoms with Crippen molar-refractivity contribution in [2.24, 2.45) is 0 Å². The third-order valence-electron chi connectivity index (χ3n) is 2.97. The molecule has 0 unspecified atom stereocenters. The molecule has 6 heteroatoms. The second kappa shape index (κ2) is 8.06. The van der Waals surface area contributed by atoms with Crippen molar-refractivity contribution >= 4 is 35.0 Å². The zero-order chi connectivity index (χ0) is 15.9. The maximum Gasteiger partial charge on any atom is 0.225 e. The number of carbonyl (C=O) groups excluding carboxylic acids is 1. The predicted molar refractivity (Wildman–Crippen MR) is 90.9 cm³/mol. The van der Waals surface area contributed by atoms with Crippen LogP contribution in [0.2, 0.25) is 5.02 Å². The van der Waals surface area contributed by atoms with Gasteiger partial charge in [-0.3, -0.25) is 4.79 Å². The van der Waals surface area contributed by atoms with Gasteiger partial charge in [0.05, 0.1) is 17.8 Å². The van der Waals surface area contributed by atoms with E-state index in [0.717, 1.165) is 10.6 Å². The lowest BCUT2D eigenvalue weighted by atomic mass is 10.2. The number of aromatic nitrogens is 1. The highest BCUT2D eigenvalue weighted by molar-refractivity contribution is 7.99. The molecule has 2 rings (SSSR count). The van der Waals surface area contributed by atoms with E-state index in [1.54, 1.807) is 31.1 Å². The summed E-state index contributed by atoms with van der Waals surface area (Å²) in [5.74, 6) is 1.15. The van der Waals surface area contributed by atoms with Gasteiger partial charge in [0, 0.05) is 29.5 Å². The lowest BCUT2D eigenvalue weighted by Gasteiger charge is -2.12. The normalized spacial score (nSPS) is 10.3. The van der Waals surface area contributed by atoms with Gasteiger partial charge in [-0.05, 0) is 30.7 Å². The Labute approximate surface area is 139 Å². The second-order valence-electron chi connectivity index (χ2n) is 4.62. The van der Waals surface area contributed by atoms with Gasteiger partial charge in [-0.25, -0.2) is 4.98 Å². The number of thioether (sulfide) groups is 1. The molecule has 0 saturated carbocycles. The minimum Gasteiger partial charge on any atom is -0.495 e. The van der Waals surface area contributed by atoms with Crippen LogP contribution in [0.25, 0.3) is 0 Å². The number of halogens is 1. The quantitative estimate of drug-likeness (QED) is 0.804. The molecule has 0 aliphatic rings. The maximum atomic E-state index is 12.0. The molecular weight excluding hydrogens is 320 g/mol. The number of hydrogen-bond acceptors (Lipinski definition) is 4. The Hall–Kier alpha value is -1.72. The van der Waals surface area contributed by atoms with Gasteiger partial charge >= 0.3 is 0 Å². The smallest absolute Gasteiger partial charge is 0.225 e. The van der Waals surface area contributed by atoms with Crippen LogP contribution in [0.5, 0.6) is 5.75 Å². The zero-order valence-electron chi connectivity index (χ0n) is 12.4. The molecule has 1 heterocycles. The molecule has 1 aromatic carbocycles. The molecular formula is C16H17ClN2O2S. The standard InChI is InChI=1S/C16H17ClN2O2S/c1-11-9-13(14(21-2)10-12(11)17)19-15(20)6-8-22-16-5-3-4-7-18-16/h3-5,7,9-10H,6,8H2,1-2H3,(H,19,20). The van der Waals surface area contributed by atoms with Crippen molar-refractivity contribution in [3.8, 4) is 5.75 Å². The molecule has 0 radical (unpaired) electrons. The number of aryl methyl sites for hydroxylation is 1. The first-order valence-electron chi connectivity index (χ1n) is 6.78. The zero-order valence-corrected chi connectivity index (χ0v) is 14.0. The minimum atomic E-state index is -0.0662. The van der Waals surface area contributed by atoms with Crippen molar-refractivity contribution in [2.45, 2.75) is 18.4 Å². The first-order chi connectivity index (χ1) is 10.6. The summed E-state index contributed by atoms with van der Waals surface area (Å²) in [7, 11) is 1.55. The van der Waals surface area contributed by atoms with Crippen LogP contribution in [0.1, 0.15) is 12.0 Å². The number of ether oxygens (including phenoxy) is 1. The summed E-state index contributed by atoms with van der Waals surface area (Å²) in [4.78, 5) is 16.2. The van der Waals surface area contributed by atoms with Gasteiger partial charge < -0.3 is 10.1 Å². The number of nitrogens with zero attached hydrogens (tertiary/aromatic N) is 1. The summed E-state index contributed by atoms with van der Waals surface area (Å²) in [6.45, 7) is 1.88. The van der Waals surface area contributed by atoms with Crippen molar-refractivity contribution in [3.63, 3.8) is 0 Å². The minimum absolute atomic E-state index is 0.0662. The van der Waals surface area contributed by atoms with E-state index in [1.165, 1.54) is 0 Å². The molecule has 1 N–H and O–H groups in total. The number of pyridine rings is 1. The molecule has 22 heavy (non-hydrogen) atoms. The van der Waals surface area contributed by atoms with Gasteiger partial charge in [-0.15, -0.1) is 11.8 Å². The van der Waals surface area contributed by atoms with E-state index >= 15 is 0 Å². The van der Waals surface area contributed by atoms with Crippen LogP contribution >= 0.6 is 23.4 Å². The number of amides is 1. The average Bonchev–Trinajstić information content (AvgIpc) is 2.51. The largest absolute Gasteiger partial charge is 0.495 e. The monoisotopic (exact) mass is 336 g/mol. The van der Waals surface area contributed by atoms with Crippen LogP contribution in [-0.2, 0) is 4.79 Å². The van der Waals surface area contributed by atoms with Crippen LogP contribution in [0.15, 0.2) is 41.6 Å². The Kier molecular flexibility index (Phi) is 6.10. The first-order valence-corrected chi connectivity index (χ1v) is 8.14. The fourth-order valence-corrected chi connectivity index (χ4v) is 2.78. The number of anilines is 1. The van der Waals surface area contributed by atoms with E-state index in [-0.39, 0.29) is 5.91 Å². The summed E-state index contributed by atoms with van der Waals surface area (Å²) in [6, 6.07) is 9.23. The number of hydrogen-bond donors (Lipinski definition) is 1. The van der Waals surface area contributed by atoms with Gasteiger partial charge in [0.2, 0.25) is 5.91 Å². The molecule has 1 aromatic heterocycles. The number of rotatable bonds is 6. The number of nitrogens with one attached hydrogen (secondary N) is 1. The topological polar surface area (TPSA) is 51.2 Å². The lowest BCUT2D eigenvalue weighted by molar-refractivity contribution is -0.115. The van der Waals surface area contributed by atoms with Crippen LogP contribution in [0.4, 0.5) is 5.69 Å². The molecule has 0 saturated heterocycles. The molecule has 0 bridgehead atoms. The molecule has 1 amide bonds. The number of benzene rings is 1. The van der Waals surface area contributed by atoms with Crippen molar-refractivity contribution in [1.82, 2.24) is 4.98 Å². The summed E-state index contributed by atoms with van der Waals surface area (Å²) in [5, 5.41) is 4.38. The summed E-state index contributed by atoms with van der Waals surface area (Å²) in [5.41, 5.74) is 1.53. The van der Waals surface area contributed by atoms with Crippen molar-refractivity contribution in [2.75, 3.05) is 18.2 Å². The number of carbonyl (C=O) groups is 1. The van der Waals surface area contributed by atoms with Gasteiger partial charge in [0.1, 0.15) is 5.75 Å². The van der Waals surface area contributed by atoms with Gasteiger partial charge in [0.15, 0.2) is 0 Å². The Morgan fingerprint density at radius 3 is 2.91 bits per heavy atom. The van der Waals surface area contributed by atoms with E-state index < -0.39 is 0 Å². The first kappa shape index (κ1) is 16.6. The fraction of sp³-hybridized carbons (Fsp3) is 0.250. The van der Waals surface area contributed by atoms with Crippen molar-refractivity contribution in [1.29, 1.82) is 0 Å². The average molecular weight is 337 g/mol. The third-order valence-corrected chi connectivity index (χ3v) is 4.32. The van der Waals surface area contributed by atoms with Crippen LogP contribution < -0.4 is 10.1 Å². The second-order valence-corrected chi connectivity index (χ2v) is 6.14. The van der Waals surface area contributed by atoms with Gasteiger partial charge in [-0.2, -0.15) is 0 Å². The highest BCUT2D eigenvalue weighted by Gasteiger charge is 2.10. The summed E-state index contributed by atoms with van der Waals surface area (Å²) < 4.78 is 5.24. The molecule has 0 aliphatic heterocycles. The Morgan fingerprint density at radius 1 is 1.41 bits per heavy atom. The maximum absolute atomic E-state index is 12.0. The van der Waals surface area contributed by atoms with Crippen LogP contribution in [0.3, 0.4) is 0 Å². The highest BCUT2D eigenvalue weighted by atomic mass is 35.5. The Balaban J connectivity index is 1.90. The van der Waals surface area contributed by atoms with E-state index in [9.17, 15) is 4.79 Å². The lowest BCUT2D eigenvalue weighted by Crippen LogP contribution is -2.13. The van der Waals surface area contributed by atoms with E-state index in [4.69, 9.17) is 16.3 Å². The number of methoxy groups -OCH3 is 1. The third kappa shape index (κ3) is 4.64. The molecule has 0 atom stereocenters. The van der Waals surface area contributed by atoms with E-state index in [1.807, 2.05) is 31.2 Å². The predicted octanol–water partition coefficient (Wildman–Crippen LogP) is 4.17. The fourth-order valence-electron chi connectivity index (χ4n) is 1.82. The molecule has 0 aliphatic carbocycles. The van der Waals surface area contributed by atoms with Crippen molar-refractivity contribution in [3.05, 3.63) is 47.1 Å². The molecule has 2 aromatic rings.